The van der Waals surface area contributed by atoms with Crippen LogP contribution in [-0.2, 0) is 9.53 Å². The number of unbranched alkanes of at least 4 members (excludes halogenated alkanes) is 1. The van der Waals surface area contributed by atoms with E-state index in [1.807, 2.05) is 18.2 Å². The van der Waals surface area contributed by atoms with Crippen molar-refractivity contribution in [3.05, 3.63) is 40.4 Å². The number of carbonyl (C=O) groups excluding carboxylic acids is 1. The molecule has 1 aromatic carbocycles. The van der Waals surface area contributed by atoms with Crippen LogP contribution in [0.15, 0.2) is 34.8 Å². The molecule has 2 nitrogen and oxygen atoms in total. The molecule has 0 spiro atoms. The van der Waals surface area contributed by atoms with Gasteiger partial charge in [0.05, 0.1) is 7.11 Å². The van der Waals surface area contributed by atoms with Crippen molar-refractivity contribution in [2.45, 2.75) is 19.3 Å². The molecule has 0 aliphatic carbocycles. The van der Waals surface area contributed by atoms with Crippen molar-refractivity contribution >= 4 is 28.0 Å². The standard InChI is InChI=1S/C13H15BrO2/c1-16-13(15)9-4-2-3-6-11-7-5-8-12(14)10-11/h3,5-8,10H,2,4,9H2,1H3/b6-3+. The molecule has 0 atom stereocenters. The Kier molecular flexibility index (Phi) is 5.86. The van der Waals surface area contributed by atoms with Crippen molar-refractivity contribution in [1.82, 2.24) is 0 Å². The summed E-state index contributed by atoms with van der Waals surface area (Å²) in [7, 11) is 1.42. The van der Waals surface area contributed by atoms with Gasteiger partial charge >= 0.3 is 5.97 Å². The number of methoxy groups -OCH3 is 1. The van der Waals surface area contributed by atoms with Crippen LogP contribution < -0.4 is 0 Å². The zero-order chi connectivity index (χ0) is 11.8. The first-order chi connectivity index (χ1) is 7.72. The molecule has 3 heteroatoms. The van der Waals surface area contributed by atoms with E-state index < -0.39 is 0 Å². The second kappa shape index (κ2) is 7.23. The van der Waals surface area contributed by atoms with Gasteiger partial charge in [-0.3, -0.25) is 4.79 Å². The molecule has 1 aromatic rings. The number of hydrogen-bond donors (Lipinski definition) is 0. The summed E-state index contributed by atoms with van der Waals surface area (Å²) in [6.07, 6.45) is 6.34. The van der Waals surface area contributed by atoms with E-state index in [9.17, 15) is 4.79 Å². The molecule has 0 saturated carbocycles. The Morgan fingerprint density at radius 1 is 1.50 bits per heavy atom. The quantitative estimate of drug-likeness (QED) is 0.607. The molecule has 86 valence electrons. The molecule has 0 unspecified atom stereocenters. The van der Waals surface area contributed by atoms with Crippen LogP contribution in [0.5, 0.6) is 0 Å². The van der Waals surface area contributed by atoms with Crippen molar-refractivity contribution in [1.29, 1.82) is 0 Å². The van der Waals surface area contributed by atoms with Gasteiger partial charge in [0.1, 0.15) is 0 Å². The number of rotatable bonds is 5. The predicted octanol–water partition coefficient (Wildman–Crippen LogP) is 3.81. The van der Waals surface area contributed by atoms with Crippen LogP contribution in [-0.4, -0.2) is 13.1 Å². The number of halogens is 1. The zero-order valence-corrected chi connectivity index (χ0v) is 10.9. The fourth-order valence-electron chi connectivity index (χ4n) is 1.30. The van der Waals surface area contributed by atoms with E-state index in [1.54, 1.807) is 0 Å². The van der Waals surface area contributed by atoms with Crippen LogP contribution in [0.2, 0.25) is 0 Å². The Balaban J connectivity index is 2.30. The number of benzene rings is 1. The molecule has 0 aliphatic heterocycles. The van der Waals surface area contributed by atoms with Gasteiger partial charge in [0, 0.05) is 10.9 Å². The van der Waals surface area contributed by atoms with Gasteiger partial charge in [-0.15, -0.1) is 0 Å². The summed E-state index contributed by atoms with van der Waals surface area (Å²) in [5, 5.41) is 0. The summed E-state index contributed by atoms with van der Waals surface area (Å²) in [4.78, 5) is 10.8. The van der Waals surface area contributed by atoms with Crippen molar-refractivity contribution in [3.8, 4) is 0 Å². The highest BCUT2D eigenvalue weighted by atomic mass is 79.9. The predicted molar refractivity (Wildman–Crippen MR) is 69.0 cm³/mol. The smallest absolute Gasteiger partial charge is 0.305 e. The normalized spacial score (nSPS) is 10.6. The van der Waals surface area contributed by atoms with Gasteiger partial charge in [0.15, 0.2) is 0 Å². The molecule has 0 bridgehead atoms. The Morgan fingerprint density at radius 3 is 3.00 bits per heavy atom. The molecule has 0 aromatic heterocycles. The Hall–Kier alpha value is -1.09. The fourth-order valence-corrected chi connectivity index (χ4v) is 1.71. The maximum absolute atomic E-state index is 10.8. The summed E-state index contributed by atoms with van der Waals surface area (Å²) in [6.45, 7) is 0. The van der Waals surface area contributed by atoms with Crippen LogP contribution in [0.25, 0.3) is 6.08 Å². The first kappa shape index (κ1) is 13.0. The highest BCUT2D eigenvalue weighted by Crippen LogP contribution is 2.13. The summed E-state index contributed by atoms with van der Waals surface area (Å²) in [5.74, 6) is -0.143. The molecule has 0 saturated heterocycles. The maximum atomic E-state index is 10.8. The average Bonchev–Trinajstić information content (AvgIpc) is 2.28. The lowest BCUT2D eigenvalue weighted by atomic mass is 10.1. The summed E-state index contributed by atoms with van der Waals surface area (Å²) >= 11 is 3.42. The van der Waals surface area contributed by atoms with E-state index in [1.165, 1.54) is 7.11 Å². The molecule has 0 radical (unpaired) electrons. The Bertz CT molecular complexity index is 372. The number of allylic oxidation sites excluding steroid dienone is 1. The topological polar surface area (TPSA) is 26.3 Å². The molecular weight excluding hydrogens is 268 g/mol. The van der Waals surface area contributed by atoms with Crippen molar-refractivity contribution < 1.29 is 9.53 Å². The molecule has 0 heterocycles. The van der Waals surface area contributed by atoms with Crippen LogP contribution in [0.4, 0.5) is 0 Å². The average molecular weight is 283 g/mol. The summed E-state index contributed by atoms with van der Waals surface area (Å²) in [5.41, 5.74) is 1.16. The van der Waals surface area contributed by atoms with Crippen molar-refractivity contribution in [3.63, 3.8) is 0 Å². The second-order valence-electron chi connectivity index (χ2n) is 3.43. The summed E-state index contributed by atoms with van der Waals surface area (Å²) in [6, 6.07) is 8.09. The van der Waals surface area contributed by atoms with Gasteiger partial charge in [0.2, 0.25) is 0 Å². The minimum Gasteiger partial charge on any atom is -0.469 e. The second-order valence-corrected chi connectivity index (χ2v) is 4.34. The molecular formula is C13H15BrO2. The number of esters is 1. The molecule has 0 amide bonds. The van der Waals surface area contributed by atoms with Gasteiger partial charge in [-0.05, 0) is 30.5 Å². The Morgan fingerprint density at radius 2 is 2.31 bits per heavy atom. The summed E-state index contributed by atoms with van der Waals surface area (Å²) < 4.78 is 5.63. The number of carbonyl (C=O) groups is 1. The Labute approximate surface area is 104 Å². The zero-order valence-electron chi connectivity index (χ0n) is 9.28. The molecule has 16 heavy (non-hydrogen) atoms. The number of hydrogen-bond acceptors (Lipinski definition) is 2. The molecule has 0 N–H and O–H groups in total. The van der Waals surface area contributed by atoms with Gasteiger partial charge in [-0.2, -0.15) is 0 Å². The third kappa shape index (κ3) is 5.12. The van der Waals surface area contributed by atoms with Crippen LogP contribution in [0, 0.1) is 0 Å². The van der Waals surface area contributed by atoms with E-state index >= 15 is 0 Å². The minimum absolute atomic E-state index is 0.143. The lowest BCUT2D eigenvalue weighted by Gasteiger charge is -1.96. The highest BCUT2D eigenvalue weighted by Gasteiger charge is 1.96. The fraction of sp³-hybridized carbons (Fsp3) is 0.308. The van der Waals surface area contributed by atoms with Crippen molar-refractivity contribution in [2.24, 2.45) is 0 Å². The van der Waals surface area contributed by atoms with E-state index in [0.717, 1.165) is 22.9 Å². The largest absolute Gasteiger partial charge is 0.469 e. The number of ether oxygens (including phenoxy) is 1. The van der Waals surface area contributed by atoms with Gasteiger partial charge in [-0.1, -0.05) is 40.2 Å². The highest BCUT2D eigenvalue weighted by molar-refractivity contribution is 9.10. The first-order valence-corrected chi connectivity index (χ1v) is 6.00. The van der Waals surface area contributed by atoms with Crippen LogP contribution in [0.3, 0.4) is 0 Å². The van der Waals surface area contributed by atoms with E-state index in [0.29, 0.717) is 6.42 Å². The van der Waals surface area contributed by atoms with Crippen molar-refractivity contribution in [2.75, 3.05) is 7.11 Å². The van der Waals surface area contributed by atoms with Crippen LogP contribution >= 0.6 is 15.9 Å². The minimum atomic E-state index is -0.143. The van der Waals surface area contributed by atoms with Gasteiger partial charge in [-0.25, -0.2) is 0 Å². The SMILES string of the molecule is COC(=O)CCC/C=C/c1cccc(Br)c1. The van der Waals surface area contributed by atoms with Gasteiger partial charge < -0.3 is 4.74 Å². The molecule has 0 aliphatic rings. The molecule has 1 rings (SSSR count). The lowest BCUT2D eigenvalue weighted by molar-refractivity contribution is -0.140. The molecule has 0 fully saturated rings. The third-order valence-corrected chi connectivity index (χ3v) is 2.63. The first-order valence-electron chi connectivity index (χ1n) is 5.21. The van der Waals surface area contributed by atoms with E-state index in [2.05, 4.69) is 38.9 Å². The van der Waals surface area contributed by atoms with E-state index in [-0.39, 0.29) is 5.97 Å². The van der Waals surface area contributed by atoms with Crippen LogP contribution in [0.1, 0.15) is 24.8 Å². The lowest BCUT2D eigenvalue weighted by Crippen LogP contribution is -1.98. The van der Waals surface area contributed by atoms with Gasteiger partial charge in [0.25, 0.3) is 0 Å². The maximum Gasteiger partial charge on any atom is 0.305 e. The third-order valence-electron chi connectivity index (χ3n) is 2.14. The van der Waals surface area contributed by atoms with E-state index in [4.69, 9.17) is 0 Å². The monoisotopic (exact) mass is 282 g/mol.